The summed E-state index contributed by atoms with van der Waals surface area (Å²) in [6, 6.07) is 31.4. The summed E-state index contributed by atoms with van der Waals surface area (Å²) >= 11 is 0. The topological polar surface area (TPSA) is 57.0 Å². The summed E-state index contributed by atoms with van der Waals surface area (Å²) in [5.41, 5.74) is 6.54. The van der Waals surface area contributed by atoms with Gasteiger partial charge in [0.25, 0.3) is 0 Å². The average Bonchev–Trinajstić information content (AvgIpc) is 4.02. The summed E-state index contributed by atoms with van der Waals surface area (Å²) in [6.07, 6.45) is 0. The van der Waals surface area contributed by atoms with Crippen LogP contribution in [0.15, 0.2) is 185 Å². The van der Waals surface area contributed by atoms with E-state index in [1.807, 2.05) is 103 Å². The van der Waals surface area contributed by atoms with Gasteiger partial charge >= 0.3 is 0 Å². The maximum atomic E-state index is 9.51. The van der Waals surface area contributed by atoms with E-state index >= 15 is 0 Å². The highest BCUT2D eigenvalue weighted by molar-refractivity contribution is 6.22. The molecule has 4 aromatic heterocycles. The standard InChI is InChI=1S/C50H29N3O2/c1-2-12-30(13-3-1)31-22-24-33(25-23-31)47-49-48(38-18-8-11-21-43(38)55-49)52-50(51-47)39-28-34(29-44-46(39)37-17-7-10-20-42(37)54-44)53-40-19-9-6-16-36(40)45-35-15-5-4-14-32(35)26-27-41(45)53/h1-29H/i4D,5D,6D,9D,14D,15D,16D,19D,26D,27D. The predicted octanol–water partition coefficient (Wildman–Crippen LogP) is 13.5. The summed E-state index contributed by atoms with van der Waals surface area (Å²) in [7, 11) is 0. The third-order valence-corrected chi connectivity index (χ3v) is 10.3. The summed E-state index contributed by atoms with van der Waals surface area (Å²) in [6.45, 7) is 0. The molecule has 0 saturated heterocycles. The van der Waals surface area contributed by atoms with Crippen molar-refractivity contribution in [3.63, 3.8) is 0 Å². The lowest BCUT2D eigenvalue weighted by atomic mass is 10.0. The molecule has 5 heteroatoms. The highest BCUT2D eigenvalue weighted by Gasteiger charge is 2.23. The molecule has 0 saturated carbocycles. The minimum Gasteiger partial charge on any atom is -0.456 e. The summed E-state index contributed by atoms with van der Waals surface area (Å²) in [5.74, 6) is 0.277. The van der Waals surface area contributed by atoms with Crippen LogP contribution in [0.25, 0.3) is 116 Å². The van der Waals surface area contributed by atoms with Crippen LogP contribution in [0, 0.1) is 0 Å². The highest BCUT2D eigenvalue weighted by Crippen LogP contribution is 2.43. The van der Waals surface area contributed by atoms with Crippen molar-refractivity contribution in [2.75, 3.05) is 0 Å². The van der Waals surface area contributed by atoms with E-state index in [-0.39, 0.29) is 44.1 Å². The van der Waals surface area contributed by atoms with E-state index in [1.54, 1.807) is 12.1 Å². The Hall–Kier alpha value is -7.50. The van der Waals surface area contributed by atoms with Crippen LogP contribution in [0.4, 0.5) is 0 Å². The first-order valence-electron chi connectivity index (χ1n) is 22.7. The average molecular weight is 714 g/mol. The number of aromatic nitrogens is 3. The Balaban J connectivity index is 1.23. The molecule has 0 amide bonds. The first-order chi connectivity index (χ1) is 31.4. The number of hydrogen-bond acceptors (Lipinski definition) is 4. The molecule has 0 N–H and O–H groups in total. The summed E-state index contributed by atoms with van der Waals surface area (Å²) in [5, 5.41) is 1.72. The molecule has 0 spiro atoms. The van der Waals surface area contributed by atoms with E-state index < -0.39 is 60.4 Å². The number of fused-ring (bicyclic) bond motifs is 11. The van der Waals surface area contributed by atoms with Crippen molar-refractivity contribution in [3.8, 4) is 39.5 Å². The van der Waals surface area contributed by atoms with Gasteiger partial charge in [0.15, 0.2) is 11.4 Å². The van der Waals surface area contributed by atoms with Gasteiger partial charge in [-0.3, -0.25) is 0 Å². The van der Waals surface area contributed by atoms with Gasteiger partial charge < -0.3 is 13.4 Å². The Kier molecular flexibility index (Phi) is 4.58. The van der Waals surface area contributed by atoms with Crippen LogP contribution >= 0.6 is 0 Å². The monoisotopic (exact) mass is 713 g/mol. The van der Waals surface area contributed by atoms with Crippen molar-refractivity contribution in [1.29, 1.82) is 0 Å². The highest BCUT2D eigenvalue weighted by atomic mass is 16.3. The molecule has 4 heterocycles. The maximum Gasteiger partial charge on any atom is 0.180 e. The van der Waals surface area contributed by atoms with Crippen molar-refractivity contribution in [1.82, 2.24) is 14.5 Å². The van der Waals surface area contributed by atoms with Crippen molar-refractivity contribution < 1.29 is 22.5 Å². The lowest BCUT2D eigenvalue weighted by Gasteiger charge is -2.12. The quantitative estimate of drug-likeness (QED) is 0.182. The number of hydrogen-bond donors (Lipinski definition) is 0. The molecule has 0 fully saturated rings. The van der Waals surface area contributed by atoms with Gasteiger partial charge in [0.2, 0.25) is 0 Å². The van der Waals surface area contributed by atoms with E-state index in [0.717, 1.165) is 27.5 Å². The molecule has 12 rings (SSSR count). The number of para-hydroxylation sites is 3. The zero-order valence-electron chi connectivity index (χ0n) is 38.6. The predicted molar refractivity (Wildman–Crippen MR) is 225 cm³/mol. The number of furan rings is 2. The van der Waals surface area contributed by atoms with Gasteiger partial charge in [-0.15, -0.1) is 0 Å². The molecule has 0 aliphatic heterocycles. The Bertz CT molecular complexity index is 4070. The first-order valence-corrected chi connectivity index (χ1v) is 17.7. The molecule has 5 nitrogen and oxygen atoms in total. The van der Waals surface area contributed by atoms with Gasteiger partial charge in [0, 0.05) is 44.1 Å². The van der Waals surface area contributed by atoms with Gasteiger partial charge in [-0.2, -0.15) is 0 Å². The molecular weight excluding hydrogens is 675 g/mol. The van der Waals surface area contributed by atoms with Crippen LogP contribution in [0.1, 0.15) is 13.7 Å². The van der Waals surface area contributed by atoms with Crippen LogP contribution in [-0.4, -0.2) is 14.5 Å². The zero-order chi connectivity index (χ0) is 44.7. The third-order valence-electron chi connectivity index (χ3n) is 10.3. The van der Waals surface area contributed by atoms with E-state index in [0.29, 0.717) is 44.5 Å². The van der Waals surface area contributed by atoms with E-state index in [9.17, 15) is 5.48 Å². The second-order valence-corrected chi connectivity index (χ2v) is 13.4. The molecular formula is C50H29N3O2. The van der Waals surface area contributed by atoms with Crippen molar-refractivity contribution in [2.45, 2.75) is 0 Å². The fraction of sp³-hybridized carbons (Fsp3) is 0. The molecule has 256 valence electrons. The molecule has 0 radical (unpaired) electrons. The van der Waals surface area contributed by atoms with Crippen LogP contribution in [0.3, 0.4) is 0 Å². The van der Waals surface area contributed by atoms with E-state index in [1.165, 1.54) is 4.57 Å². The zero-order valence-corrected chi connectivity index (χ0v) is 28.6. The largest absolute Gasteiger partial charge is 0.456 e. The minimum absolute atomic E-state index is 0.00924. The van der Waals surface area contributed by atoms with Crippen LogP contribution in [0.5, 0.6) is 0 Å². The second kappa shape index (κ2) is 11.5. The van der Waals surface area contributed by atoms with Crippen molar-refractivity contribution in [2.24, 2.45) is 0 Å². The SMILES string of the molecule is [2H]c1c([2H])c([2H])c2c(c1[2H])c([2H])c([2H])c1c2c2c([2H])c([2H])c([2H])c([2H])c2n1-c1cc(-c2nc(-c3ccc(-c4ccccc4)cc3)c3oc4ccccc4c3n2)c2c(c1)oc1ccccc12. The summed E-state index contributed by atoms with van der Waals surface area (Å²) < 4.78 is 104. The molecule has 0 aliphatic carbocycles. The Morgan fingerprint density at radius 1 is 0.491 bits per heavy atom. The van der Waals surface area contributed by atoms with Crippen molar-refractivity contribution >= 4 is 76.6 Å². The van der Waals surface area contributed by atoms with Crippen LogP contribution in [-0.2, 0) is 0 Å². The third kappa shape index (κ3) is 4.47. The first kappa shape index (κ1) is 21.9. The van der Waals surface area contributed by atoms with Crippen LogP contribution in [0.2, 0.25) is 0 Å². The molecule has 0 bridgehead atoms. The Labute approximate surface area is 328 Å². The molecule has 0 atom stereocenters. The van der Waals surface area contributed by atoms with Crippen LogP contribution < -0.4 is 0 Å². The number of benzene rings is 8. The van der Waals surface area contributed by atoms with E-state index in [2.05, 4.69) is 0 Å². The normalized spacial score (nSPS) is 14.5. The Morgan fingerprint density at radius 3 is 2.04 bits per heavy atom. The van der Waals surface area contributed by atoms with Gasteiger partial charge in [-0.25, -0.2) is 9.97 Å². The smallest absolute Gasteiger partial charge is 0.180 e. The van der Waals surface area contributed by atoms with E-state index in [4.69, 9.17) is 27.0 Å². The van der Waals surface area contributed by atoms with Gasteiger partial charge in [-0.05, 0) is 58.2 Å². The van der Waals surface area contributed by atoms with Gasteiger partial charge in [-0.1, -0.05) is 133 Å². The molecule has 0 aliphatic rings. The maximum absolute atomic E-state index is 9.51. The lowest BCUT2D eigenvalue weighted by Crippen LogP contribution is -1.98. The minimum atomic E-state index is -0.589. The molecule has 0 unspecified atom stereocenters. The van der Waals surface area contributed by atoms with Crippen molar-refractivity contribution in [3.05, 3.63) is 176 Å². The fourth-order valence-corrected chi connectivity index (χ4v) is 7.84. The lowest BCUT2D eigenvalue weighted by molar-refractivity contribution is 0.667. The van der Waals surface area contributed by atoms with Gasteiger partial charge in [0.05, 0.1) is 30.4 Å². The molecule has 8 aromatic carbocycles. The second-order valence-electron chi connectivity index (χ2n) is 13.4. The fourth-order valence-electron chi connectivity index (χ4n) is 7.84. The van der Waals surface area contributed by atoms with Gasteiger partial charge in [0.1, 0.15) is 28.0 Å². The number of rotatable bonds is 4. The molecule has 55 heavy (non-hydrogen) atoms. The number of nitrogens with zero attached hydrogens (tertiary/aromatic N) is 3. The molecule has 12 aromatic rings. The Morgan fingerprint density at radius 2 is 1.18 bits per heavy atom. The summed E-state index contributed by atoms with van der Waals surface area (Å²) in [4.78, 5) is 10.5.